The Bertz CT molecular complexity index is 1060. The molecule has 6 heteroatoms. The summed E-state index contributed by atoms with van der Waals surface area (Å²) in [7, 11) is 1.36. The molecule has 3 heterocycles. The number of aryl methyl sites for hydroxylation is 1. The van der Waals surface area contributed by atoms with Gasteiger partial charge in [0.05, 0.1) is 23.9 Å². The molecule has 0 saturated heterocycles. The molecule has 0 amide bonds. The van der Waals surface area contributed by atoms with Crippen molar-refractivity contribution in [1.29, 1.82) is 0 Å². The molecule has 4 rings (SSSR count). The van der Waals surface area contributed by atoms with E-state index >= 15 is 0 Å². The lowest BCUT2D eigenvalue weighted by Crippen LogP contribution is -2.01. The predicted octanol–water partition coefficient (Wildman–Crippen LogP) is 3.75. The molecule has 3 aromatic heterocycles. The normalized spacial score (nSPS) is 11.0. The maximum absolute atomic E-state index is 11.7. The summed E-state index contributed by atoms with van der Waals surface area (Å²) in [4.78, 5) is 16.3. The Morgan fingerprint density at radius 2 is 2.00 bits per heavy atom. The summed E-state index contributed by atoms with van der Waals surface area (Å²) in [6, 6.07) is 13.2. The van der Waals surface area contributed by atoms with Gasteiger partial charge in [0.25, 0.3) is 0 Å². The van der Waals surface area contributed by atoms with Crippen LogP contribution in [0, 0.1) is 6.92 Å². The number of ether oxygens (including phenoxy) is 1. The van der Waals surface area contributed by atoms with E-state index in [9.17, 15) is 4.79 Å². The zero-order valence-electron chi connectivity index (χ0n) is 13.8. The SMILES string of the molecule is COC(=O)c1ccn2cc(-c3c(-c4ccccc4)noc3C)nc2c1. The van der Waals surface area contributed by atoms with Crippen molar-refractivity contribution in [2.45, 2.75) is 6.92 Å². The number of carbonyl (C=O) groups is 1. The number of fused-ring (bicyclic) bond motifs is 1. The van der Waals surface area contributed by atoms with Gasteiger partial charge in [-0.15, -0.1) is 0 Å². The topological polar surface area (TPSA) is 69.6 Å². The number of nitrogens with zero attached hydrogens (tertiary/aromatic N) is 3. The molecule has 0 atom stereocenters. The number of imidazole rings is 1. The van der Waals surface area contributed by atoms with Crippen molar-refractivity contribution in [3.05, 3.63) is 66.2 Å². The molecular formula is C19H15N3O3. The fourth-order valence-corrected chi connectivity index (χ4v) is 2.81. The molecule has 4 aromatic rings. The first-order valence-corrected chi connectivity index (χ1v) is 7.76. The smallest absolute Gasteiger partial charge is 0.338 e. The first kappa shape index (κ1) is 15.1. The largest absolute Gasteiger partial charge is 0.465 e. The third-order valence-electron chi connectivity index (χ3n) is 4.05. The van der Waals surface area contributed by atoms with Gasteiger partial charge in [-0.1, -0.05) is 35.5 Å². The van der Waals surface area contributed by atoms with Gasteiger partial charge in [-0.3, -0.25) is 0 Å². The molecule has 0 fully saturated rings. The van der Waals surface area contributed by atoms with Gasteiger partial charge in [-0.2, -0.15) is 0 Å². The van der Waals surface area contributed by atoms with Crippen LogP contribution in [0.3, 0.4) is 0 Å². The van der Waals surface area contributed by atoms with Gasteiger partial charge in [0.15, 0.2) is 0 Å². The van der Waals surface area contributed by atoms with Crippen LogP contribution in [0.15, 0.2) is 59.4 Å². The van der Waals surface area contributed by atoms with E-state index in [1.54, 1.807) is 18.3 Å². The second-order valence-electron chi connectivity index (χ2n) is 5.63. The molecule has 1 aromatic carbocycles. The second kappa shape index (κ2) is 5.90. The number of benzene rings is 1. The molecule has 0 aliphatic carbocycles. The first-order valence-electron chi connectivity index (χ1n) is 7.76. The van der Waals surface area contributed by atoms with Gasteiger partial charge in [-0.05, 0) is 19.1 Å². The molecular weight excluding hydrogens is 318 g/mol. The number of esters is 1. The highest BCUT2D eigenvalue weighted by molar-refractivity contribution is 5.90. The van der Waals surface area contributed by atoms with Crippen molar-refractivity contribution in [2.24, 2.45) is 0 Å². The second-order valence-corrected chi connectivity index (χ2v) is 5.63. The fraction of sp³-hybridized carbons (Fsp3) is 0.105. The van der Waals surface area contributed by atoms with Gasteiger partial charge in [-0.25, -0.2) is 9.78 Å². The van der Waals surface area contributed by atoms with Crippen molar-refractivity contribution in [1.82, 2.24) is 14.5 Å². The Labute approximate surface area is 143 Å². The first-order chi connectivity index (χ1) is 12.2. The van der Waals surface area contributed by atoms with E-state index < -0.39 is 5.97 Å². The highest BCUT2D eigenvalue weighted by atomic mass is 16.5. The molecule has 0 aliphatic heterocycles. The van der Waals surface area contributed by atoms with Crippen LogP contribution < -0.4 is 0 Å². The van der Waals surface area contributed by atoms with Gasteiger partial charge < -0.3 is 13.7 Å². The molecule has 124 valence electrons. The molecule has 0 saturated carbocycles. The Kier molecular flexibility index (Phi) is 3.57. The van der Waals surface area contributed by atoms with E-state index in [-0.39, 0.29) is 0 Å². The van der Waals surface area contributed by atoms with Crippen LogP contribution in [-0.4, -0.2) is 27.6 Å². The summed E-state index contributed by atoms with van der Waals surface area (Å²) in [5, 5.41) is 4.19. The number of carbonyl (C=O) groups excluding carboxylic acids is 1. The third kappa shape index (κ3) is 2.57. The Balaban J connectivity index is 1.86. The number of rotatable bonds is 3. The maximum Gasteiger partial charge on any atom is 0.338 e. The summed E-state index contributed by atoms with van der Waals surface area (Å²) in [5.41, 5.74) is 4.39. The minimum Gasteiger partial charge on any atom is -0.465 e. The van der Waals surface area contributed by atoms with Crippen LogP contribution in [0.25, 0.3) is 28.2 Å². The van der Waals surface area contributed by atoms with E-state index in [1.807, 2.05) is 47.9 Å². The molecule has 25 heavy (non-hydrogen) atoms. The zero-order valence-corrected chi connectivity index (χ0v) is 13.8. The van der Waals surface area contributed by atoms with Crippen LogP contribution in [0.5, 0.6) is 0 Å². The van der Waals surface area contributed by atoms with Crippen LogP contribution >= 0.6 is 0 Å². The zero-order chi connectivity index (χ0) is 17.4. The summed E-state index contributed by atoms with van der Waals surface area (Å²) in [5.74, 6) is 0.300. The maximum atomic E-state index is 11.7. The van der Waals surface area contributed by atoms with Crippen LogP contribution in [0.2, 0.25) is 0 Å². The standard InChI is InChI=1S/C19H15N3O3/c1-12-17(18(21-25-12)13-6-4-3-5-7-13)15-11-22-9-8-14(19(23)24-2)10-16(22)20-15/h3-11H,1-2H3. The quantitative estimate of drug-likeness (QED) is 0.534. The number of hydrogen-bond acceptors (Lipinski definition) is 5. The Morgan fingerprint density at radius 3 is 2.76 bits per heavy atom. The molecule has 0 bridgehead atoms. The summed E-state index contributed by atoms with van der Waals surface area (Å²) < 4.78 is 12.0. The fourth-order valence-electron chi connectivity index (χ4n) is 2.81. The number of aromatic nitrogens is 3. The van der Waals surface area contributed by atoms with E-state index in [0.717, 1.165) is 22.5 Å². The molecule has 0 N–H and O–H groups in total. The molecule has 0 radical (unpaired) electrons. The van der Waals surface area contributed by atoms with E-state index in [2.05, 4.69) is 10.1 Å². The predicted molar refractivity (Wildman–Crippen MR) is 92.2 cm³/mol. The van der Waals surface area contributed by atoms with Crippen molar-refractivity contribution >= 4 is 11.6 Å². The van der Waals surface area contributed by atoms with E-state index in [0.29, 0.717) is 17.0 Å². The molecule has 6 nitrogen and oxygen atoms in total. The molecule has 0 spiro atoms. The Hall–Kier alpha value is -3.41. The third-order valence-corrected chi connectivity index (χ3v) is 4.05. The lowest BCUT2D eigenvalue weighted by Gasteiger charge is -1.99. The van der Waals surface area contributed by atoms with Crippen molar-refractivity contribution in [3.63, 3.8) is 0 Å². The van der Waals surface area contributed by atoms with Crippen LogP contribution in [0.1, 0.15) is 16.1 Å². The van der Waals surface area contributed by atoms with E-state index in [1.165, 1.54) is 7.11 Å². The van der Waals surface area contributed by atoms with E-state index in [4.69, 9.17) is 9.26 Å². The van der Waals surface area contributed by atoms with Gasteiger partial charge >= 0.3 is 5.97 Å². The molecule has 0 aliphatic rings. The average molecular weight is 333 g/mol. The monoisotopic (exact) mass is 333 g/mol. The highest BCUT2D eigenvalue weighted by Crippen LogP contribution is 2.33. The summed E-state index contributed by atoms with van der Waals surface area (Å²) in [6.07, 6.45) is 3.67. The van der Waals surface area contributed by atoms with Crippen LogP contribution in [0.4, 0.5) is 0 Å². The molecule has 0 unspecified atom stereocenters. The van der Waals surface area contributed by atoms with Gasteiger partial charge in [0, 0.05) is 18.0 Å². The number of pyridine rings is 1. The summed E-state index contributed by atoms with van der Waals surface area (Å²) in [6.45, 7) is 1.86. The lowest BCUT2D eigenvalue weighted by atomic mass is 10.0. The highest BCUT2D eigenvalue weighted by Gasteiger charge is 2.19. The summed E-state index contributed by atoms with van der Waals surface area (Å²) >= 11 is 0. The minimum absolute atomic E-state index is 0.391. The van der Waals surface area contributed by atoms with Crippen molar-refractivity contribution < 1.29 is 14.1 Å². The van der Waals surface area contributed by atoms with Gasteiger partial charge in [0.1, 0.15) is 17.1 Å². The number of hydrogen-bond donors (Lipinski definition) is 0. The number of methoxy groups -OCH3 is 1. The Morgan fingerprint density at radius 1 is 1.20 bits per heavy atom. The van der Waals surface area contributed by atoms with Gasteiger partial charge in [0.2, 0.25) is 0 Å². The van der Waals surface area contributed by atoms with Crippen molar-refractivity contribution in [3.8, 4) is 22.5 Å². The lowest BCUT2D eigenvalue weighted by molar-refractivity contribution is 0.0600. The minimum atomic E-state index is -0.391. The van der Waals surface area contributed by atoms with Crippen LogP contribution in [-0.2, 0) is 4.74 Å². The van der Waals surface area contributed by atoms with Crippen molar-refractivity contribution in [2.75, 3.05) is 7.11 Å². The average Bonchev–Trinajstić information content (AvgIpc) is 3.23.